The Morgan fingerprint density at radius 1 is 1.30 bits per heavy atom. The predicted molar refractivity (Wildman–Crippen MR) is 75.4 cm³/mol. The normalized spacial score (nSPS) is 24.6. The molecule has 0 aliphatic carbocycles. The molecule has 0 aromatic heterocycles. The van der Waals surface area contributed by atoms with Gasteiger partial charge in [0.25, 0.3) is 0 Å². The minimum atomic E-state index is -0.294. The number of carbonyl (C=O) groups excluding carboxylic acids is 2. The van der Waals surface area contributed by atoms with Crippen LogP contribution in [0.25, 0.3) is 0 Å². The monoisotopic (exact) mass is 283 g/mol. The lowest BCUT2D eigenvalue weighted by atomic mass is 10.2. The van der Waals surface area contributed by atoms with Crippen LogP contribution in [0.4, 0.5) is 4.79 Å². The fourth-order valence-corrected chi connectivity index (χ4v) is 2.66. The number of rotatable bonds is 3. The molecule has 3 amide bonds. The Kier molecular flexibility index (Phi) is 5.23. The van der Waals surface area contributed by atoms with E-state index in [-0.39, 0.29) is 24.0 Å². The minimum Gasteiger partial charge on any atom is -0.378 e. The number of hydrogen-bond donors (Lipinski definition) is 1. The average Bonchev–Trinajstić information content (AvgIpc) is 2.96. The molecular formula is C14H25N3O3. The van der Waals surface area contributed by atoms with E-state index in [2.05, 4.69) is 5.32 Å². The van der Waals surface area contributed by atoms with Gasteiger partial charge in [0, 0.05) is 25.7 Å². The van der Waals surface area contributed by atoms with E-state index in [9.17, 15) is 9.59 Å². The molecule has 2 saturated heterocycles. The van der Waals surface area contributed by atoms with Crippen molar-refractivity contribution in [2.75, 3.05) is 32.8 Å². The first-order valence-corrected chi connectivity index (χ1v) is 7.57. The molecule has 0 radical (unpaired) electrons. The molecule has 6 nitrogen and oxygen atoms in total. The summed E-state index contributed by atoms with van der Waals surface area (Å²) >= 11 is 0. The Hall–Kier alpha value is -1.30. The number of ether oxygens (including phenoxy) is 1. The van der Waals surface area contributed by atoms with Gasteiger partial charge in [0.15, 0.2) is 0 Å². The van der Waals surface area contributed by atoms with Gasteiger partial charge in [-0.05, 0) is 26.2 Å². The molecule has 114 valence electrons. The summed E-state index contributed by atoms with van der Waals surface area (Å²) in [5.41, 5.74) is 0. The van der Waals surface area contributed by atoms with E-state index in [4.69, 9.17) is 4.74 Å². The molecule has 0 aromatic carbocycles. The Morgan fingerprint density at radius 2 is 2.00 bits per heavy atom. The smallest absolute Gasteiger partial charge is 0.318 e. The van der Waals surface area contributed by atoms with Crippen LogP contribution in [0.3, 0.4) is 0 Å². The van der Waals surface area contributed by atoms with Crippen molar-refractivity contribution in [3.8, 4) is 0 Å². The predicted octanol–water partition coefficient (Wildman–Crippen LogP) is 0.818. The Balaban J connectivity index is 1.95. The van der Waals surface area contributed by atoms with Gasteiger partial charge in [0.05, 0.1) is 13.2 Å². The van der Waals surface area contributed by atoms with Crippen molar-refractivity contribution in [3.63, 3.8) is 0 Å². The zero-order valence-corrected chi connectivity index (χ0v) is 12.4. The summed E-state index contributed by atoms with van der Waals surface area (Å²) in [6.45, 7) is 7.14. The topological polar surface area (TPSA) is 61.9 Å². The lowest BCUT2D eigenvalue weighted by Gasteiger charge is -2.33. The van der Waals surface area contributed by atoms with Crippen molar-refractivity contribution in [1.82, 2.24) is 15.1 Å². The molecule has 0 aromatic rings. The first-order chi connectivity index (χ1) is 9.63. The van der Waals surface area contributed by atoms with Gasteiger partial charge in [-0.1, -0.05) is 6.92 Å². The zero-order valence-electron chi connectivity index (χ0n) is 12.4. The summed E-state index contributed by atoms with van der Waals surface area (Å²) in [4.78, 5) is 28.3. The molecule has 2 unspecified atom stereocenters. The number of likely N-dealkylation sites (tertiary alicyclic amines) is 1. The van der Waals surface area contributed by atoms with Crippen molar-refractivity contribution < 1.29 is 14.3 Å². The molecule has 0 saturated carbocycles. The molecule has 1 N–H and O–H groups in total. The summed E-state index contributed by atoms with van der Waals surface area (Å²) in [5.74, 6) is 0.0742. The van der Waals surface area contributed by atoms with E-state index < -0.39 is 0 Å². The van der Waals surface area contributed by atoms with Crippen LogP contribution in [0.15, 0.2) is 0 Å². The number of hydrogen-bond acceptors (Lipinski definition) is 3. The van der Waals surface area contributed by atoms with E-state index in [1.165, 1.54) is 0 Å². The van der Waals surface area contributed by atoms with Crippen molar-refractivity contribution >= 4 is 11.9 Å². The standard InChI is InChI=1S/C14H25N3O3/c1-3-11(2)15-14(19)17-6-4-5-12(17)13(18)16-7-9-20-10-8-16/h11-12H,3-10H2,1-2H3,(H,15,19). The van der Waals surface area contributed by atoms with E-state index in [1.807, 2.05) is 18.7 Å². The zero-order chi connectivity index (χ0) is 14.5. The molecule has 2 heterocycles. The molecule has 2 aliphatic heterocycles. The van der Waals surface area contributed by atoms with Gasteiger partial charge in [-0.25, -0.2) is 4.79 Å². The van der Waals surface area contributed by atoms with Crippen LogP contribution in [-0.4, -0.2) is 66.7 Å². The molecule has 2 rings (SSSR count). The lowest BCUT2D eigenvalue weighted by molar-refractivity contribution is -0.139. The molecule has 2 fully saturated rings. The average molecular weight is 283 g/mol. The first-order valence-electron chi connectivity index (χ1n) is 7.57. The van der Waals surface area contributed by atoms with Crippen LogP contribution in [0.2, 0.25) is 0 Å². The highest BCUT2D eigenvalue weighted by Gasteiger charge is 2.37. The van der Waals surface area contributed by atoms with E-state index >= 15 is 0 Å². The number of morpholine rings is 1. The SMILES string of the molecule is CCC(C)NC(=O)N1CCCC1C(=O)N1CCOCC1. The summed E-state index contributed by atoms with van der Waals surface area (Å²) < 4.78 is 5.27. The molecule has 2 atom stereocenters. The van der Waals surface area contributed by atoms with E-state index in [1.54, 1.807) is 4.90 Å². The molecule has 2 aliphatic rings. The van der Waals surface area contributed by atoms with Crippen LogP contribution < -0.4 is 5.32 Å². The molecule has 6 heteroatoms. The van der Waals surface area contributed by atoms with Gasteiger partial charge in [-0.15, -0.1) is 0 Å². The van der Waals surface area contributed by atoms with Crippen LogP contribution in [0.1, 0.15) is 33.1 Å². The number of amides is 3. The van der Waals surface area contributed by atoms with E-state index in [0.29, 0.717) is 32.8 Å². The molecule has 20 heavy (non-hydrogen) atoms. The highest BCUT2D eigenvalue weighted by molar-refractivity contribution is 5.87. The van der Waals surface area contributed by atoms with Gasteiger partial charge >= 0.3 is 6.03 Å². The van der Waals surface area contributed by atoms with Crippen molar-refractivity contribution in [1.29, 1.82) is 0 Å². The Morgan fingerprint density at radius 3 is 2.65 bits per heavy atom. The van der Waals surface area contributed by atoms with Crippen LogP contribution in [0, 0.1) is 0 Å². The van der Waals surface area contributed by atoms with Crippen LogP contribution in [-0.2, 0) is 9.53 Å². The van der Waals surface area contributed by atoms with Crippen molar-refractivity contribution in [2.45, 2.75) is 45.2 Å². The van der Waals surface area contributed by atoms with E-state index in [0.717, 1.165) is 19.3 Å². The summed E-state index contributed by atoms with van der Waals surface area (Å²) in [6.07, 6.45) is 2.56. The number of nitrogens with one attached hydrogen (secondary N) is 1. The Labute approximate surface area is 120 Å². The largest absolute Gasteiger partial charge is 0.378 e. The fraction of sp³-hybridized carbons (Fsp3) is 0.857. The van der Waals surface area contributed by atoms with Gasteiger partial charge in [-0.3, -0.25) is 4.79 Å². The van der Waals surface area contributed by atoms with Crippen molar-refractivity contribution in [2.24, 2.45) is 0 Å². The summed E-state index contributed by atoms with van der Waals surface area (Å²) in [7, 11) is 0. The fourth-order valence-electron chi connectivity index (χ4n) is 2.66. The van der Waals surface area contributed by atoms with Gasteiger partial charge in [-0.2, -0.15) is 0 Å². The number of carbonyl (C=O) groups is 2. The maximum absolute atomic E-state index is 12.5. The maximum atomic E-state index is 12.5. The first kappa shape index (κ1) is 15.1. The van der Waals surface area contributed by atoms with Crippen molar-refractivity contribution in [3.05, 3.63) is 0 Å². The second kappa shape index (κ2) is 6.92. The number of urea groups is 1. The molecule has 0 bridgehead atoms. The maximum Gasteiger partial charge on any atom is 0.318 e. The van der Waals surface area contributed by atoms with Gasteiger partial charge < -0.3 is 19.9 Å². The summed E-state index contributed by atoms with van der Waals surface area (Å²) in [5, 5.41) is 2.95. The van der Waals surface area contributed by atoms with Gasteiger partial charge in [0.1, 0.15) is 6.04 Å². The quantitative estimate of drug-likeness (QED) is 0.834. The second-order valence-corrected chi connectivity index (χ2v) is 5.55. The number of nitrogens with zero attached hydrogens (tertiary/aromatic N) is 2. The third-order valence-electron chi connectivity index (χ3n) is 4.10. The lowest BCUT2D eigenvalue weighted by Crippen LogP contribution is -2.53. The third-order valence-corrected chi connectivity index (χ3v) is 4.10. The van der Waals surface area contributed by atoms with Gasteiger partial charge in [0.2, 0.25) is 5.91 Å². The third kappa shape index (κ3) is 3.42. The Bertz CT molecular complexity index is 356. The highest BCUT2D eigenvalue weighted by Crippen LogP contribution is 2.20. The molecular weight excluding hydrogens is 258 g/mol. The van der Waals surface area contributed by atoms with Crippen LogP contribution in [0.5, 0.6) is 0 Å². The highest BCUT2D eigenvalue weighted by atomic mass is 16.5. The second-order valence-electron chi connectivity index (χ2n) is 5.55. The minimum absolute atomic E-state index is 0.0742. The molecule has 0 spiro atoms. The van der Waals surface area contributed by atoms with Crippen LogP contribution >= 0.6 is 0 Å². The summed E-state index contributed by atoms with van der Waals surface area (Å²) in [6, 6.07) is -0.261.